The van der Waals surface area contributed by atoms with Crippen molar-refractivity contribution in [3.8, 4) is 11.3 Å². The summed E-state index contributed by atoms with van der Waals surface area (Å²) in [5.74, 6) is -1.79. The van der Waals surface area contributed by atoms with Gasteiger partial charge in [-0.15, -0.1) is 0 Å². The molecular formula is C25H27F2N5O. The lowest BCUT2D eigenvalue weighted by Gasteiger charge is -2.32. The number of anilines is 1. The molecule has 1 aliphatic rings. The van der Waals surface area contributed by atoms with Gasteiger partial charge in [-0.05, 0) is 67.0 Å². The Morgan fingerprint density at radius 2 is 1.85 bits per heavy atom. The first kappa shape index (κ1) is 22.9. The van der Waals surface area contributed by atoms with Crippen LogP contribution < -0.4 is 16.8 Å². The number of hydrogen-bond donors (Lipinski definition) is 3. The van der Waals surface area contributed by atoms with E-state index < -0.39 is 17.5 Å². The number of amides is 1. The standard InChI is InChI=1S/C25H27F2N5O/c1-2-14-6-7-19(26)23(24(14)27)20-4-3-5-21(31-20)25(33)32-22-13-30-9-8-18(22)15-10-16(28)12-17(29)11-15/h3-9,13,15-17H,2,10-12,28-29H2,1H3,(H,32,33)/t15-,16+,17-. The van der Waals surface area contributed by atoms with Crippen LogP contribution in [0.1, 0.15) is 53.7 Å². The van der Waals surface area contributed by atoms with Crippen molar-refractivity contribution in [3.63, 3.8) is 0 Å². The van der Waals surface area contributed by atoms with Gasteiger partial charge in [0.15, 0.2) is 0 Å². The lowest BCUT2D eigenvalue weighted by molar-refractivity contribution is 0.102. The number of nitrogens with two attached hydrogens (primary N) is 2. The summed E-state index contributed by atoms with van der Waals surface area (Å²) in [5, 5.41) is 2.85. The van der Waals surface area contributed by atoms with E-state index in [4.69, 9.17) is 11.5 Å². The van der Waals surface area contributed by atoms with Crippen LogP contribution in [-0.2, 0) is 6.42 Å². The summed E-state index contributed by atoms with van der Waals surface area (Å²) < 4.78 is 29.3. The molecule has 1 aliphatic carbocycles. The lowest BCUT2D eigenvalue weighted by atomic mass is 9.79. The van der Waals surface area contributed by atoms with Crippen molar-refractivity contribution < 1.29 is 13.6 Å². The summed E-state index contributed by atoms with van der Waals surface area (Å²) in [5.41, 5.74) is 14.0. The van der Waals surface area contributed by atoms with Crippen LogP contribution in [0.3, 0.4) is 0 Å². The quantitative estimate of drug-likeness (QED) is 0.540. The van der Waals surface area contributed by atoms with Crippen molar-refractivity contribution in [2.75, 3.05) is 5.32 Å². The highest BCUT2D eigenvalue weighted by Crippen LogP contribution is 2.35. The highest BCUT2D eigenvalue weighted by molar-refractivity contribution is 6.03. The topological polar surface area (TPSA) is 107 Å². The number of pyridine rings is 2. The van der Waals surface area contributed by atoms with Gasteiger partial charge in [-0.1, -0.05) is 19.1 Å². The Morgan fingerprint density at radius 1 is 1.09 bits per heavy atom. The third-order valence-corrected chi connectivity index (χ3v) is 6.11. The number of hydrogen-bond acceptors (Lipinski definition) is 5. The van der Waals surface area contributed by atoms with Crippen LogP contribution in [-0.4, -0.2) is 28.0 Å². The van der Waals surface area contributed by atoms with Crippen molar-refractivity contribution in [1.29, 1.82) is 0 Å². The maximum absolute atomic E-state index is 14.8. The van der Waals surface area contributed by atoms with Crippen LogP contribution in [0.15, 0.2) is 48.8 Å². The second kappa shape index (κ2) is 9.72. The zero-order chi connectivity index (χ0) is 23.5. The van der Waals surface area contributed by atoms with Gasteiger partial charge in [-0.3, -0.25) is 9.78 Å². The molecule has 6 nitrogen and oxygen atoms in total. The number of aromatic nitrogens is 2. The molecule has 0 aliphatic heterocycles. The first-order chi connectivity index (χ1) is 15.9. The molecule has 33 heavy (non-hydrogen) atoms. The largest absolute Gasteiger partial charge is 0.328 e. The summed E-state index contributed by atoms with van der Waals surface area (Å²) in [6, 6.07) is 9.02. The van der Waals surface area contributed by atoms with E-state index in [0.29, 0.717) is 17.7 Å². The van der Waals surface area contributed by atoms with Crippen LogP contribution in [0.2, 0.25) is 0 Å². The van der Waals surface area contributed by atoms with Gasteiger partial charge >= 0.3 is 0 Å². The molecule has 2 aromatic heterocycles. The van der Waals surface area contributed by atoms with Crippen LogP contribution in [0, 0.1) is 11.6 Å². The number of carbonyl (C=O) groups is 1. The minimum Gasteiger partial charge on any atom is -0.328 e. The van der Waals surface area contributed by atoms with Gasteiger partial charge in [-0.25, -0.2) is 13.8 Å². The Kier molecular flexibility index (Phi) is 6.76. The maximum atomic E-state index is 14.8. The zero-order valence-corrected chi connectivity index (χ0v) is 18.4. The second-order valence-electron chi connectivity index (χ2n) is 8.50. The molecule has 5 N–H and O–H groups in total. The number of aryl methyl sites for hydroxylation is 1. The first-order valence-electron chi connectivity index (χ1n) is 11.1. The maximum Gasteiger partial charge on any atom is 0.274 e. The number of halogens is 2. The van der Waals surface area contributed by atoms with Crippen LogP contribution in [0.25, 0.3) is 11.3 Å². The molecule has 172 valence electrons. The molecule has 8 heteroatoms. The molecule has 1 amide bonds. The van der Waals surface area contributed by atoms with Gasteiger partial charge in [0.2, 0.25) is 0 Å². The predicted octanol–water partition coefficient (Wildman–Crippen LogP) is 4.16. The minimum absolute atomic E-state index is 0.00232. The molecule has 0 spiro atoms. The summed E-state index contributed by atoms with van der Waals surface area (Å²) >= 11 is 0. The average Bonchev–Trinajstić information content (AvgIpc) is 2.79. The first-order valence-corrected chi connectivity index (χ1v) is 11.1. The average molecular weight is 452 g/mol. The monoisotopic (exact) mass is 451 g/mol. The summed E-state index contributed by atoms with van der Waals surface area (Å²) in [6.45, 7) is 1.79. The van der Waals surface area contributed by atoms with Gasteiger partial charge < -0.3 is 16.8 Å². The number of rotatable bonds is 5. The summed E-state index contributed by atoms with van der Waals surface area (Å²) in [6.07, 6.45) is 5.96. The molecule has 2 heterocycles. The molecule has 4 rings (SSSR count). The Morgan fingerprint density at radius 3 is 2.58 bits per heavy atom. The van der Waals surface area contributed by atoms with E-state index in [1.807, 2.05) is 6.07 Å². The van der Waals surface area contributed by atoms with Gasteiger partial charge in [0.1, 0.15) is 17.3 Å². The molecule has 3 aromatic rings. The van der Waals surface area contributed by atoms with E-state index in [1.54, 1.807) is 25.4 Å². The number of nitrogens with one attached hydrogen (secondary N) is 1. The highest BCUT2D eigenvalue weighted by atomic mass is 19.1. The normalized spacial score (nSPS) is 20.5. The van der Waals surface area contributed by atoms with E-state index >= 15 is 0 Å². The smallest absolute Gasteiger partial charge is 0.274 e. The Bertz CT molecular complexity index is 1160. The van der Waals surface area contributed by atoms with Crippen molar-refractivity contribution in [2.45, 2.75) is 50.6 Å². The number of carbonyl (C=O) groups excluding carboxylic acids is 1. The van der Waals surface area contributed by atoms with Gasteiger partial charge in [0.25, 0.3) is 5.91 Å². The fourth-order valence-electron chi connectivity index (χ4n) is 4.52. The predicted molar refractivity (Wildman–Crippen MR) is 124 cm³/mol. The second-order valence-corrected chi connectivity index (χ2v) is 8.50. The lowest BCUT2D eigenvalue weighted by Crippen LogP contribution is -2.39. The number of nitrogens with zero attached hydrogens (tertiary/aromatic N) is 2. The van der Waals surface area contributed by atoms with E-state index in [-0.39, 0.29) is 35.0 Å². The van der Waals surface area contributed by atoms with Gasteiger partial charge in [0, 0.05) is 18.3 Å². The SMILES string of the molecule is CCc1ccc(F)c(-c2cccc(C(=O)Nc3cnccc3[C@@H]3C[C@H](N)C[C@H](N)C3)n2)c1F. The van der Waals surface area contributed by atoms with Gasteiger partial charge in [-0.2, -0.15) is 0 Å². The Labute approximate surface area is 191 Å². The molecule has 0 unspecified atom stereocenters. The summed E-state index contributed by atoms with van der Waals surface area (Å²) in [4.78, 5) is 21.4. The van der Waals surface area contributed by atoms with E-state index in [1.165, 1.54) is 24.3 Å². The third-order valence-electron chi connectivity index (χ3n) is 6.11. The molecule has 3 atom stereocenters. The van der Waals surface area contributed by atoms with E-state index in [9.17, 15) is 13.6 Å². The molecule has 1 fully saturated rings. The number of benzene rings is 1. The summed E-state index contributed by atoms with van der Waals surface area (Å²) in [7, 11) is 0. The van der Waals surface area contributed by atoms with Crippen LogP contribution >= 0.6 is 0 Å². The van der Waals surface area contributed by atoms with Crippen LogP contribution in [0.4, 0.5) is 14.5 Å². The Hall–Kier alpha value is -3.23. The zero-order valence-electron chi connectivity index (χ0n) is 18.4. The Balaban J connectivity index is 1.62. The highest BCUT2D eigenvalue weighted by Gasteiger charge is 2.28. The van der Waals surface area contributed by atoms with Crippen molar-refractivity contribution >= 4 is 11.6 Å². The minimum atomic E-state index is -0.728. The molecule has 0 radical (unpaired) electrons. The molecule has 0 saturated heterocycles. The molecule has 1 aromatic carbocycles. The third kappa shape index (κ3) is 4.91. The molecule has 1 saturated carbocycles. The fourth-order valence-corrected chi connectivity index (χ4v) is 4.52. The van der Waals surface area contributed by atoms with Crippen molar-refractivity contribution in [2.24, 2.45) is 11.5 Å². The van der Waals surface area contributed by atoms with Gasteiger partial charge in [0.05, 0.1) is 23.1 Å². The fraction of sp³-hybridized carbons (Fsp3) is 0.320. The van der Waals surface area contributed by atoms with E-state index in [2.05, 4.69) is 15.3 Å². The van der Waals surface area contributed by atoms with E-state index in [0.717, 1.165) is 24.8 Å². The van der Waals surface area contributed by atoms with Crippen LogP contribution in [0.5, 0.6) is 0 Å². The van der Waals surface area contributed by atoms with Crippen molar-refractivity contribution in [3.05, 3.63) is 77.2 Å². The molecular weight excluding hydrogens is 424 g/mol. The molecule has 0 bridgehead atoms. The van der Waals surface area contributed by atoms with Crippen molar-refractivity contribution in [1.82, 2.24) is 9.97 Å².